The molecule has 0 aliphatic carbocycles. The quantitative estimate of drug-likeness (QED) is 0.735. The molecule has 0 aromatic heterocycles. The van der Waals surface area contributed by atoms with Crippen molar-refractivity contribution in [3.05, 3.63) is 29.8 Å². The topological polar surface area (TPSA) is 70.6 Å². The van der Waals surface area contributed by atoms with Crippen molar-refractivity contribution in [2.75, 3.05) is 19.7 Å². The van der Waals surface area contributed by atoms with Gasteiger partial charge in [0.1, 0.15) is 12.4 Å². The third-order valence-electron chi connectivity index (χ3n) is 3.20. The van der Waals surface area contributed by atoms with Crippen LogP contribution in [-0.4, -0.2) is 36.8 Å². The zero-order chi connectivity index (χ0) is 13.5. The Labute approximate surface area is 113 Å². The van der Waals surface area contributed by atoms with Crippen LogP contribution in [0.1, 0.15) is 18.4 Å². The van der Waals surface area contributed by atoms with Crippen LogP contribution in [0, 0.1) is 0 Å². The number of piperidine rings is 1. The number of phenolic OH excluding ortho intramolecular Hbond substituents is 1. The summed E-state index contributed by atoms with van der Waals surface area (Å²) in [5, 5.41) is 15.6. The third kappa shape index (κ3) is 4.54. The number of ether oxygens (including phenoxy) is 1. The molecule has 1 aromatic rings. The average molecular weight is 264 g/mol. The van der Waals surface area contributed by atoms with Gasteiger partial charge in [0.15, 0.2) is 0 Å². The number of carbonyl (C=O) groups excluding carboxylic acids is 1. The number of rotatable bonds is 5. The number of nitrogens with one attached hydrogen (secondary N) is 2. The van der Waals surface area contributed by atoms with Crippen LogP contribution in [0.2, 0.25) is 0 Å². The lowest BCUT2D eigenvalue weighted by molar-refractivity contribution is -0.128. The van der Waals surface area contributed by atoms with E-state index >= 15 is 0 Å². The van der Waals surface area contributed by atoms with Crippen molar-refractivity contribution < 1.29 is 14.6 Å². The van der Waals surface area contributed by atoms with Crippen molar-refractivity contribution in [1.29, 1.82) is 0 Å². The smallest absolute Gasteiger partial charge is 0.246 e. The standard InChI is InChI=1S/C14H20N2O3/c17-13-4-2-1-3-11(13)9-16-14(18)10-19-12-5-7-15-8-6-12/h1-4,12,15,17H,5-10H2,(H,16,18). The monoisotopic (exact) mass is 264 g/mol. The molecule has 104 valence electrons. The van der Waals surface area contributed by atoms with E-state index in [1.807, 2.05) is 6.07 Å². The van der Waals surface area contributed by atoms with Gasteiger partial charge in [0.25, 0.3) is 0 Å². The maximum Gasteiger partial charge on any atom is 0.246 e. The Balaban J connectivity index is 1.68. The maximum absolute atomic E-state index is 11.6. The summed E-state index contributed by atoms with van der Waals surface area (Å²) >= 11 is 0. The number of hydrogen-bond donors (Lipinski definition) is 3. The molecule has 0 saturated carbocycles. The molecule has 1 heterocycles. The zero-order valence-electron chi connectivity index (χ0n) is 10.9. The van der Waals surface area contributed by atoms with E-state index in [2.05, 4.69) is 10.6 Å². The van der Waals surface area contributed by atoms with Crippen LogP contribution in [0.3, 0.4) is 0 Å². The van der Waals surface area contributed by atoms with Crippen LogP contribution < -0.4 is 10.6 Å². The van der Waals surface area contributed by atoms with Crippen molar-refractivity contribution >= 4 is 5.91 Å². The van der Waals surface area contributed by atoms with Crippen LogP contribution in [0.5, 0.6) is 5.75 Å². The summed E-state index contributed by atoms with van der Waals surface area (Å²) in [6.07, 6.45) is 2.08. The average Bonchev–Trinajstić information content (AvgIpc) is 2.45. The lowest BCUT2D eigenvalue weighted by Gasteiger charge is -2.22. The molecular formula is C14H20N2O3. The van der Waals surface area contributed by atoms with Gasteiger partial charge in [0.05, 0.1) is 6.10 Å². The molecule has 1 aliphatic rings. The van der Waals surface area contributed by atoms with Gasteiger partial charge in [-0.05, 0) is 32.0 Å². The van der Waals surface area contributed by atoms with E-state index in [0.29, 0.717) is 12.1 Å². The van der Waals surface area contributed by atoms with Crippen LogP contribution in [0.4, 0.5) is 0 Å². The largest absolute Gasteiger partial charge is 0.508 e. The van der Waals surface area contributed by atoms with E-state index in [0.717, 1.165) is 25.9 Å². The SMILES string of the molecule is O=C(COC1CCNCC1)NCc1ccccc1O. The summed E-state index contributed by atoms with van der Waals surface area (Å²) in [4.78, 5) is 11.6. The van der Waals surface area contributed by atoms with Gasteiger partial charge in [0.2, 0.25) is 5.91 Å². The van der Waals surface area contributed by atoms with Gasteiger partial charge >= 0.3 is 0 Å². The Hall–Kier alpha value is -1.59. The number of phenols is 1. The molecule has 1 fully saturated rings. The van der Waals surface area contributed by atoms with Gasteiger partial charge in [-0.3, -0.25) is 4.79 Å². The van der Waals surface area contributed by atoms with Gasteiger partial charge in [0, 0.05) is 12.1 Å². The molecule has 1 saturated heterocycles. The fourth-order valence-corrected chi connectivity index (χ4v) is 2.06. The van der Waals surface area contributed by atoms with E-state index < -0.39 is 0 Å². The predicted molar refractivity (Wildman–Crippen MR) is 71.8 cm³/mol. The Morgan fingerprint density at radius 2 is 2.11 bits per heavy atom. The van der Waals surface area contributed by atoms with Crippen LogP contribution in [0.15, 0.2) is 24.3 Å². The van der Waals surface area contributed by atoms with E-state index in [-0.39, 0.29) is 24.4 Å². The number of aromatic hydroxyl groups is 1. The number of hydrogen-bond acceptors (Lipinski definition) is 4. The predicted octanol–water partition coefficient (Wildman–Crippen LogP) is 0.777. The molecule has 0 bridgehead atoms. The highest BCUT2D eigenvalue weighted by Gasteiger charge is 2.14. The first-order valence-electron chi connectivity index (χ1n) is 6.61. The first-order valence-corrected chi connectivity index (χ1v) is 6.61. The second-order valence-electron chi connectivity index (χ2n) is 4.67. The molecule has 0 unspecified atom stereocenters. The second kappa shape index (κ2) is 7.11. The van der Waals surface area contributed by atoms with Crippen molar-refractivity contribution in [2.24, 2.45) is 0 Å². The van der Waals surface area contributed by atoms with Crippen molar-refractivity contribution in [3.63, 3.8) is 0 Å². The third-order valence-corrected chi connectivity index (χ3v) is 3.20. The Morgan fingerprint density at radius 3 is 2.84 bits per heavy atom. The number of amides is 1. The van der Waals surface area contributed by atoms with Crippen LogP contribution in [0.25, 0.3) is 0 Å². The van der Waals surface area contributed by atoms with Gasteiger partial charge in [-0.1, -0.05) is 18.2 Å². The highest BCUT2D eigenvalue weighted by molar-refractivity contribution is 5.77. The maximum atomic E-state index is 11.6. The molecule has 0 atom stereocenters. The summed E-state index contributed by atoms with van der Waals surface area (Å²) in [7, 11) is 0. The fraction of sp³-hybridized carbons (Fsp3) is 0.500. The number of carbonyl (C=O) groups is 1. The highest BCUT2D eigenvalue weighted by atomic mass is 16.5. The summed E-state index contributed by atoms with van der Waals surface area (Å²) in [6.45, 7) is 2.30. The van der Waals surface area contributed by atoms with Gasteiger partial charge in [-0.2, -0.15) is 0 Å². The second-order valence-corrected chi connectivity index (χ2v) is 4.67. The number of benzene rings is 1. The Morgan fingerprint density at radius 1 is 1.37 bits per heavy atom. The fourth-order valence-electron chi connectivity index (χ4n) is 2.06. The molecule has 0 radical (unpaired) electrons. The van der Waals surface area contributed by atoms with Gasteiger partial charge < -0.3 is 20.5 Å². The molecular weight excluding hydrogens is 244 g/mol. The minimum absolute atomic E-state index is 0.0816. The van der Waals surface area contributed by atoms with Crippen molar-refractivity contribution in [1.82, 2.24) is 10.6 Å². The molecule has 5 heteroatoms. The molecule has 1 aliphatic heterocycles. The first-order chi connectivity index (χ1) is 9.25. The van der Waals surface area contributed by atoms with Gasteiger partial charge in [-0.15, -0.1) is 0 Å². The molecule has 19 heavy (non-hydrogen) atoms. The molecule has 1 aromatic carbocycles. The first kappa shape index (κ1) is 13.8. The van der Waals surface area contributed by atoms with Crippen LogP contribution >= 0.6 is 0 Å². The summed E-state index contributed by atoms with van der Waals surface area (Å²) in [5.74, 6) is 0.0452. The molecule has 2 rings (SSSR count). The Bertz CT molecular complexity index is 417. The minimum atomic E-state index is -0.151. The normalized spacial score (nSPS) is 16.2. The van der Waals surface area contributed by atoms with E-state index in [9.17, 15) is 9.90 Å². The van der Waals surface area contributed by atoms with E-state index in [4.69, 9.17) is 4.74 Å². The number of para-hydroxylation sites is 1. The molecule has 1 amide bonds. The van der Waals surface area contributed by atoms with Gasteiger partial charge in [-0.25, -0.2) is 0 Å². The van der Waals surface area contributed by atoms with E-state index in [1.54, 1.807) is 18.2 Å². The molecule has 3 N–H and O–H groups in total. The summed E-state index contributed by atoms with van der Waals surface area (Å²) in [6, 6.07) is 6.96. The van der Waals surface area contributed by atoms with Crippen LogP contribution in [-0.2, 0) is 16.1 Å². The lowest BCUT2D eigenvalue weighted by Crippen LogP contribution is -2.35. The highest BCUT2D eigenvalue weighted by Crippen LogP contribution is 2.14. The Kier molecular flexibility index (Phi) is 5.18. The van der Waals surface area contributed by atoms with Crippen molar-refractivity contribution in [2.45, 2.75) is 25.5 Å². The minimum Gasteiger partial charge on any atom is -0.508 e. The van der Waals surface area contributed by atoms with E-state index in [1.165, 1.54) is 0 Å². The molecule has 0 spiro atoms. The van der Waals surface area contributed by atoms with Crippen molar-refractivity contribution in [3.8, 4) is 5.75 Å². The lowest BCUT2D eigenvalue weighted by atomic mass is 10.1. The summed E-state index contributed by atoms with van der Waals surface area (Å²) in [5.41, 5.74) is 0.706. The summed E-state index contributed by atoms with van der Waals surface area (Å²) < 4.78 is 5.55. The molecule has 5 nitrogen and oxygen atoms in total. The zero-order valence-corrected chi connectivity index (χ0v) is 10.9.